The van der Waals surface area contributed by atoms with Gasteiger partial charge in [-0.05, 0) is 12.3 Å². The number of carbonyl (C=O) groups is 2. The molecule has 1 fully saturated rings. The van der Waals surface area contributed by atoms with Crippen LogP contribution in [0.1, 0.15) is 12.8 Å². The molecule has 0 bridgehead atoms. The number of rotatable bonds is 5. The van der Waals surface area contributed by atoms with E-state index < -0.39 is 34.2 Å². The van der Waals surface area contributed by atoms with Crippen LogP contribution in [-0.4, -0.2) is 49.5 Å². The monoisotopic (exact) mass is 264 g/mol. The van der Waals surface area contributed by atoms with Crippen molar-refractivity contribution in [2.24, 2.45) is 11.7 Å². The first-order valence-corrected chi connectivity index (χ1v) is 7.08. The van der Waals surface area contributed by atoms with Gasteiger partial charge in [-0.25, -0.2) is 8.42 Å². The molecular formula is C9H16N2O5S. The Labute approximate surface area is 99.3 Å². The number of carboxylic acid groups (broad SMARTS) is 1. The van der Waals surface area contributed by atoms with Crippen LogP contribution in [0.4, 0.5) is 0 Å². The highest BCUT2D eigenvalue weighted by molar-refractivity contribution is 7.91. The summed E-state index contributed by atoms with van der Waals surface area (Å²) in [7, 11) is -2.96. The number of carbonyl (C=O) groups excluding carboxylic acids is 1. The van der Waals surface area contributed by atoms with Crippen molar-refractivity contribution in [2.75, 3.05) is 18.1 Å². The summed E-state index contributed by atoms with van der Waals surface area (Å²) in [5.41, 5.74) is 5.35. The van der Waals surface area contributed by atoms with Gasteiger partial charge < -0.3 is 16.2 Å². The van der Waals surface area contributed by atoms with Gasteiger partial charge in [0.15, 0.2) is 9.84 Å². The zero-order valence-corrected chi connectivity index (χ0v) is 10.1. The Morgan fingerprint density at radius 3 is 2.59 bits per heavy atom. The second-order valence-electron chi connectivity index (χ2n) is 4.22. The van der Waals surface area contributed by atoms with Crippen LogP contribution in [0.25, 0.3) is 0 Å². The standard InChI is InChI=1S/C9H16N2O5S/c10-7(3-8(12)13)9(14)11-4-6-1-2-17(15,16)5-6/h6-7H,1-5,10H2,(H,11,14)(H,12,13). The predicted molar refractivity (Wildman–Crippen MR) is 60.0 cm³/mol. The number of amides is 1. The largest absolute Gasteiger partial charge is 0.481 e. The third-order valence-corrected chi connectivity index (χ3v) is 4.46. The van der Waals surface area contributed by atoms with E-state index >= 15 is 0 Å². The highest BCUT2D eigenvalue weighted by atomic mass is 32.2. The lowest BCUT2D eigenvalue weighted by Gasteiger charge is -2.12. The van der Waals surface area contributed by atoms with Gasteiger partial charge in [-0.15, -0.1) is 0 Å². The summed E-state index contributed by atoms with van der Waals surface area (Å²) in [6.45, 7) is 0.228. The smallest absolute Gasteiger partial charge is 0.305 e. The molecule has 1 aliphatic rings. The van der Waals surface area contributed by atoms with Crippen LogP contribution in [0, 0.1) is 5.92 Å². The molecule has 8 heteroatoms. The molecule has 0 spiro atoms. The number of hydrogen-bond acceptors (Lipinski definition) is 5. The van der Waals surface area contributed by atoms with E-state index in [9.17, 15) is 18.0 Å². The molecule has 1 aliphatic heterocycles. The van der Waals surface area contributed by atoms with Crippen LogP contribution in [0.3, 0.4) is 0 Å². The van der Waals surface area contributed by atoms with Gasteiger partial charge in [-0.2, -0.15) is 0 Å². The lowest BCUT2D eigenvalue weighted by molar-refractivity contribution is -0.139. The van der Waals surface area contributed by atoms with E-state index in [1.54, 1.807) is 0 Å². The Morgan fingerprint density at radius 2 is 2.12 bits per heavy atom. The SMILES string of the molecule is NC(CC(=O)O)C(=O)NCC1CCS(=O)(=O)C1. The molecule has 1 saturated heterocycles. The lowest BCUT2D eigenvalue weighted by atomic mass is 10.1. The maximum atomic E-state index is 11.3. The Balaban J connectivity index is 2.32. The molecule has 0 radical (unpaired) electrons. The quantitative estimate of drug-likeness (QED) is 0.545. The second kappa shape index (κ2) is 5.46. The molecule has 98 valence electrons. The van der Waals surface area contributed by atoms with Crippen molar-refractivity contribution in [1.29, 1.82) is 0 Å². The average molecular weight is 264 g/mol. The van der Waals surface area contributed by atoms with E-state index in [0.29, 0.717) is 6.42 Å². The first-order chi connectivity index (χ1) is 7.80. The summed E-state index contributed by atoms with van der Waals surface area (Å²) in [4.78, 5) is 21.7. The molecule has 1 heterocycles. The molecule has 0 aliphatic carbocycles. The van der Waals surface area contributed by atoms with E-state index in [2.05, 4.69) is 5.32 Å². The maximum Gasteiger partial charge on any atom is 0.305 e. The average Bonchev–Trinajstić information content (AvgIpc) is 2.53. The number of sulfone groups is 1. The zero-order chi connectivity index (χ0) is 13.1. The minimum absolute atomic E-state index is 0.0709. The fraction of sp³-hybridized carbons (Fsp3) is 0.778. The summed E-state index contributed by atoms with van der Waals surface area (Å²) in [6, 6.07) is -1.09. The van der Waals surface area contributed by atoms with Crippen molar-refractivity contribution >= 4 is 21.7 Å². The number of nitrogens with two attached hydrogens (primary N) is 1. The molecule has 2 unspecified atom stereocenters. The first-order valence-electron chi connectivity index (χ1n) is 5.25. The Kier molecular flexibility index (Phi) is 4.47. The van der Waals surface area contributed by atoms with Crippen LogP contribution in [-0.2, 0) is 19.4 Å². The van der Waals surface area contributed by atoms with E-state index in [1.165, 1.54) is 0 Å². The van der Waals surface area contributed by atoms with Gasteiger partial charge in [0.2, 0.25) is 5.91 Å². The Hall–Kier alpha value is -1.15. The van der Waals surface area contributed by atoms with Gasteiger partial charge in [-0.3, -0.25) is 9.59 Å². The number of aliphatic carboxylic acids is 1. The van der Waals surface area contributed by atoms with E-state index in [-0.39, 0.29) is 24.0 Å². The molecule has 2 atom stereocenters. The van der Waals surface area contributed by atoms with Crippen molar-refractivity contribution in [2.45, 2.75) is 18.9 Å². The molecule has 4 N–H and O–H groups in total. The lowest BCUT2D eigenvalue weighted by Crippen LogP contribution is -2.43. The number of nitrogens with one attached hydrogen (secondary N) is 1. The normalized spacial score (nSPS) is 24.2. The summed E-state index contributed by atoms with van der Waals surface area (Å²) >= 11 is 0. The minimum atomic E-state index is -2.96. The number of carboxylic acids is 1. The molecular weight excluding hydrogens is 248 g/mol. The summed E-state index contributed by atoms with van der Waals surface area (Å²) in [5, 5.41) is 10.9. The van der Waals surface area contributed by atoms with Crippen molar-refractivity contribution in [3.8, 4) is 0 Å². The van der Waals surface area contributed by atoms with Gasteiger partial charge >= 0.3 is 5.97 Å². The van der Waals surface area contributed by atoms with Crippen molar-refractivity contribution in [3.05, 3.63) is 0 Å². The van der Waals surface area contributed by atoms with Crippen LogP contribution < -0.4 is 11.1 Å². The van der Waals surface area contributed by atoms with E-state index in [0.717, 1.165) is 0 Å². The number of hydrogen-bond donors (Lipinski definition) is 3. The van der Waals surface area contributed by atoms with Gasteiger partial charge in [-0.1, -0.05) is 0 Å². The van der Waals surface area contributed by atoms with Crippen molar-refractivity contribution in [1.82, 2.24) is 5.32 Å². The van der Waals surface area contributed by atoms with Crippen LogP contribution in [0.5, 0.6) is 0 Å². The molecule has 7 nitrogen and oxygen atoms in total. The van der Waals surface area contributed by atoms with Crippen LogP contribution >= 0.6 is 0 Å². The minimum Gasteiger partial charge on any atom is -0.481 e. The third-order valence-electron chi connectivity index (χ3n) is 2.62. The Bertz CT molecular complexity index is 406. The van der Waals surface area contributed by atoms with E-state index in [1.807, 2.05) is 0 Å². The highest BCUT2D eigenvalue weighted by Crippen LogP contribution is 2.17. The molecule has 17 heavy (non-hydrogen) atoms. The molecule has 1 amide bonds. The summed E-state index contributed by atoms with van der Waals surface area (Å²) in [6.07, 6.45) is 0.0889. The summed E-state index contributed by atoms with van der Waals surface area (Å²) < 4.78 is 22.3. The van der Waals surface area contributed by atoms with Gasteiger partial charge in [0.25, 0.3) is 0 Å². The molecule has 0 aromatic carbocycles. The van der Waals surface area contributed by atoms with Gasteiger partial charge in [0, 0.05) is 6.54 Å². The molecule has 1 rings (SSSR count). The second-order valence-corrected chi connectivity index (χ2v) is 6.45. The van der Waals surface area contributed by atoms with Gasteiger partial charge in [0.05, 0.1) is 24.0 Å². The first kappa shape index (κ1) is 13.9. The Morgan fingerprint density at radius 1 is 1.47 bits per heavy atom. The summed E-state index contributed by atoms with van der Waals surface area (Å²) in [5.74, 6) is -1.58. The zero-order valence-electron chi connectivity index (χ0n) is 9.26. The fourth-order valence-electron chi connectivity index (χ4n) is 1.69. The topological polar surface area (TPSA) is 127 Å². The van der Waals surface area contributed by atoms with Crippen molar-refractivity contribution in [3.63, 3.8) is 0 Å². The molecule has 0 saturated carbocycles. The fourth-order valence-corrected chi connectivity index (χ4v) is 3.55. The maximum absolute atomic E-state index is 11.3. The van der Waals surface area contributed by atoms with Gasteiger partial charge in [0.1, 0.15) is 0 Å². The van der Waals surface area contributed by atoms with Crippen LogP contribution in [0.2, 0.25) is 0 Å². The predicted octanol–water partition coefficient (Wildman–Crippen LogP) is -1.66. The molecule has 0 aromatic heterocycles. The van der Waals surface area contributed by atoms with Crippen molar-refractivity contribution < 1.29 is 23.1 Å². The molecule has 0 aromatic rings. The van der Waals surface area contributed by atoms with E-state index in [4.69, 9.17) is 10.8 Å². The van der Waals surface area contributed by atoms with Crippen LogP contribution in [0.15, 0.2) is 0 Å². The third kappa shape index (κ3) is 4.70. The highest BCUT2D eigenvalue weighted by Gasteiger charge is 2.28.